The third-order valence-electron chi connectivity index (χ3n) is 5.08. The van der Waals surface area contributed by atoms with Gasteiger partial charge in [0.25, 0.3) is 5.91 Å². The predicted molar refractivity (Wildman–Crippen MR) is 123 cm³/mol. The molecule has 32 heavy (non-hydrogen) atoms. The molecule has 0 fully saturated rings. The molecule has 4 rings (SSSR count). The molecular weight excluding hydrogens is 433 g/mol. The van der Waals surface area contributed by atoms with Gasteiger partial charge < -0.3 is 10.3 Å². The summed E-state index contributed by atoms with van der Waals surface area (Å²) in [6, 6.07) is 20.7. The molecule has 3 aromatic carbocycles. The Morgan fingerprint density at radius 2 is 1.75 bits per heavy atom. The van der Waals surface area contributed by atoms with E-state index in [1.54, 1.807) is 11.8 Å². The Balaban J connectivity index is 1.46. The van der Waals surface area contributed by atoms with Crippen LogP contribution in [0.3, 0.4) is 0 Å². The van der Waals surface area contributed by atoms with Gasteiger partial charge in [0.05, 0.1) is 11.3 Å². The minimum Gasteiger partial charge on any atom is -0.354 e. The molecule has 0 spiro atoms. The van der Waals surface area contributed by atoms with Gasteiger partial charge in [-0.15, -0.1) is 11.8 Å². The fourth-order valence-electron chi connectivity index (χ4n) is 3.45. The van der Waals surface area contributed by atoms with Gasteiger partial charge in [-0.25, -0.2) is 0 Å². The number of fused-ring (bicyclic) bond motifs is 1. The molecule has 7 heteroatoms. The van der Waals surface area contributed by atoms with Crippen LogP contribution in [0.15, 0.2) is 77.7 Å². The lowest BCUT2D eigenvalue weighted by molar-refractivity contribution is -0.137. The summed E-state index contributed by atoms with van der Waals surface area (Å²) >= 11 is 1.60. The lowest BCUT2D eigenvalue weighted by Gasteiger charge is -2.10. The second-order valence-corrected chi connectivity index (χ2v) is 8.53. The minimum atomic E-state index is -4.48. The minimum absolute atomic E-state index is 0.00253. The number of benzene rings is 3. The molecule has 1 aromatic heterocycles. The third-order valence-corrected chi connectivity index (χ3v) is 6.21. The van der Waals surface area contributed by atoms with E-state index in [1.165, 1.54) is 17.7 Å². The molecular formula is C25H21F3N2OS. The van der Waals surface area contributed by atoms with Gasteiger partial charge in [0, 0.05) is 33.7 Å². The molecule has 0 radical (unpaired) electrons. The molecule has 0 saturated heterocycles. The average Bonchev–Trinajstić information content (AvgIpc) is 3.15. The molecule has 0 aliphatic carbocycles. The summed E-state index contributed by atoms with van der Waals surface area (Å²) < 4.78 is 38.7. The van der Waals surface area contributed by atoms with E-state index in [9.17, 15) is 18.0 Å². The molecule has 1 heterocycles. The van der Waals surface area contributed by atoms with Crippen molar-refractivity contribution in [1.82, 2.24) is 10.3 Å². The number of aromatic nitrogens is 1. The van der Waals surface area contributed by atoms with E-state index in [-0.39, 0.29) is 5.56 Å². The number of thioether (sulfide) groups is 1. The quantitative estimate of drug-likeness (QED) is 0.252. The number of amides is 1. The lowest BCUT2D eigenvalue weighted by atomic mass is 10.1. The predicted octanol–water partition coefficient (Wildman–Crippen LogP) is 6.68. The van der Waals surface area contributed by atoms with Crippen LogP contribution < -0.4 is 5.32 Å². The highest BCUT2D eigenvalue weighted by molar-refractivity contribution is 7.99. The number of para-hydroxylation sites is 1. The van der Waals surface area contributed by atoms with Crippen LogP contribution in [-0.4, -0.2) is 23.2 Å². The van der Waals surface area contributed by atoms with Crippen LogP contribution in [0.2, 0.25) is 0 Å². The number of hydrogen-bond donors (Lipinski definition) is 2. The van der Waals surface area contributed by atoms with Crippen molar-refractivity contribution in [2.24, 2.45) is 0 Å². The van der Waals surface area contributed by atoms with Crippen molar-refractivity contribution >= 4 is 28.6 Å². The zero-order valence-electron chi connectivity index (χ0n) is 17.3. The van der Waals surface area contributed by atoms with Crippen LogP contribution >= 0.6 is 11.8 Å². The van der Waals surface area contributed by atoms with Gasteiger partial charge in [0.1, 0.15) is 0 Å². The number of carbonyl (C=O) groups excluding carboxylic acids is 1. The van der Waals surface area contributed by atoms with Crippen molar-refractivity contribution in [2.75, 3.05) is 12.3 Å². The second kappa shape index (κ2) is 9.12. The number of rotatable bonds is 6. The fourth-order valence-corrected chi connectivity index (χ4v) is 4.50. The molecule has 0 bridgehead atoms. The highest BCUT2D eigenvalue weighted by Gasteiger charge is 2.30. The van der Waals surface area contributed by atoms with Gasteiger partial charge in [-0.2, -0.15) is 13.2 Å². The number of nitrogens with one attached hydrogen (secondary N) is 2. The van der Waals surface area contributed by atoms with E-state index in [2.05, 4.69) is 34.6 Å². The smallest absolute Gasteiger partial charge is 0.354 e. The van der Waals surface area contributed by atoms with Crippen LogP contribution in [-0.2, 0) is 6.18 Å². The number of alkyl halides is 3. The molecule has 0 aliphatic rings. The normalized spacial score (nSPS) is 11.6. The third kappa shape index (κ3) is 4.83. The molecule has 3 nitrogen and oxygen atoms in total. The Bertz CT molecular complexity index is 1250. The van der Waals surface area contributed by atoms with Crippen LogP contribution in [0.1, 0.15) is 21.5 Å². The van der Waals surface area contributed by atoms with Gasteiger partial charge in [-0.05, 0) is 36.8 Å². The summed E-state index contributed by atoms with van der Waals surface area (Å²) in [6.07, 6.45) is -4.48. The van der Waals surface area contributed by atoms with Crippen molar-refractivity contribution < 1.29 is 18.0 Å². The fraction of sp³-hybridized carbons (Fsp3) is 0.160. The molecule has 2 N–H and O–H groups in total. The molecule has 0 aliphatic heterocycles. The van der Waals surface area contributed by atoms with Crippen LogP contribution in [0.5, 0.6) is 0 Å². The Kier molecular flexibility index (Phi) is 6.28. The highest BCUT2D eigenvalue weighted by atomic mass is 32.2. The molecule has 164 valence electrons. The molecule has 0 unspecified atom stereocenters. The maximum Gasteiger partial charge on any atom is 0.416 e. The van der Waals surface area contributed by atoms with Crippen LogP contribution in [0.4, 0.5) is 13.2 Å². The van der Waals surface area contributed by atoms with Gasteiger partial charge in [-0.3, -0.25) is 4.79 Å². The molecule has 4 aromatic rings. The van der Waals surface area contributed by atoms with Gasteiger partial charge >= 0.3 is 6.18 Å². The number of aryl methyl sites for hydroxylation is 1. The van der Waals surface area contributed by atoms with Gasteiger partial charge in [-0.1, -0.05) is 54.1 Å². The Hall–Kier alpha value is -3.19. The first-order valence-electron chi connectivity index (χ1n) is 10.1. The number of carbonyl (C=O) groups is 1. The topological polar surface area (TPSA) is 44.9 Å². The first-order chi connectivity index (χ1) is 15.3. The largest absolute Gasteiger partial charge is 0.416 e. The SMILES string of the molecule is Cc1ccc(-c2[nH]c3ccccc3c2SCCNC(=O)c2cccc(C(F)(F)F)c2)cc1. The Morgan fingerprint density at radius 3 is 2.50 bits per heavy atom. The maximum atomic E-state index is 12.9. The summed E-state index contributed by atoms with van der Waals surface area (Å²) in [5, 5.41) is 3.81. The van der Waals surface area contributed by atoms with E-state index < -0.39 is 17.6 Å². The van der Waals surface area contributed by atoms with E-state index in [0.717, 1.165) is 39.2 Å². The highest BCUT2D eigenvalue weighted by Crippen LogP contribution is 2.37. The van der Waals surface area contributed by atoms with E-state index >= 15 is 0 Å². The average molecular weight is 455 g/mol. The van der Waals surface area contributed by atoms with Crippen molar-refractivity contribution in [3.63, 3.8) is 0 Å². The van der Waals surface area contributed by atoms with E-state index in [4.69, 9.17) is 0 Å². The lowest BCUT2D eigenvalue weighted by Crippen LogP contribution is -2.26. The standard InChI is InChI=1S/C25H21F3N2OS/c1-16-9-11-17(12-10-16)22-23(20-7-2-3-8-21(20)30-22)32-14-13-29-24(31)18-5-4-6-19(15-18)25(26,27)28/h2-12,15,30H,13-14H2,1H3,(H,29,31). The number of H-pyrrole nitrogens is 1. The number of aromatic amines is 1. The molecule has 0 saturated carbocycles. The van der Waals surface area contributed by atoms with Gasteiger partial charge in [0.15, 0.2) is 0 Å². The molecule has 0 atom stereocenters. The summed E-state index contributed by atoms with van der Waals surface area (Å²) in [7, 11) is 0. The number of halogens is 3. The summed E-state index contributed by atoms with van der Waals surface area (Å²) in [5.74, 6) is 0.0557. The first kappa shape index (κ1) is 22.0. The van der Waals surface area contributed by atoms with Crippen LogP contribution in [0, 0.1) is 6.92 Å². The Labute approximate surface area is 188 Å². The summed E-state index contributed by atoms with van der Waals surface area (Å²) in [6.45, 7) is 2.37. The zero-order valence-corrected chi connectivity index (χ0v) is 18.1. The maximum absolute atomic E-state index is 12.9. The Morgan fingerprint density at radius 1 is 1.00 bits per heavy atom. The van der Waals surface area contributed by atoms with Crippen molar-refractivity contribution in [3.8, 4) is 11.3 Å². The van der Waals surface area contributed by atoms with Gasteiger partial charge in [0.2, 0.25) is 0 Å². The zero-order chi connectivity index (χ0) is 22.7. The monoisotopic (exact) mass is 454 g/mol. The number of hydrogen-bond acceptors (Lipinski definition) is 2. The summed E-state index contributed by atoms with van der Waals surface area (Å²) in [5.41, 5.74) is 3.45. The van der Waals surface area contributed by atoms with Crippen molar-refractivity contribution in [3.05, 3.63) is 89.5 Å². The molecule has 1 amide bonds. The van der Waals surface area contributed by atoms with Crippen LogP contribution in [0.25, 0.3) is 22.2 Å². The van der Waals surface area contributed by atoms with Crippen molar-refractivity contribution in [2.45, 2.75) is 18.0 Å². The first-order valence-corrected chi connectivity index (χ1v) is 11.1. The van der Waals surface area contributed by atoms with E-state index in [1.807, 2.05) is 31.2 Å². The summed E-state index contributed by atoms with van der Waals surface area (Å²) in [4.78, 5) is 16.9. The van der Waals surface area contributed by atoms with Crippen molar-refractivity contribution in [1.29, 1.82) is 0 Å². The second-order valence-electron chi connectivity index (χ2n) is 7.42. The van der Waals surface area contributed by atoms with E-state index in [0.29, 0.717) is 12.3 Å².